The third-order valence-corrected chi connectivity index (χ3v) is 5.96. The molecule has 1 amide bonds. The second-order valence-electron chi connectivity index (χ2n) is 7.58. The molecular formula is C23H30ClN3O4. The van der Waals surface area contributed by atoms with Gasteiger partial charge in [-0.05, 0) is 38.5 Å². The molecule has 31 heavy (non-hydrogen) atoms. The number of rotatable bonds is 8. The fourth-order valence-corrected chi connectivity index (χ4v) is 4.20. The van der Waals surface area contributed by atoms with Gasteiger partial charge >= 0.3 is 5.97 Å². The van der Waals surface area contributed by atoms with Crippen LogP contribution in [0.4, 0.5) is 0 Å². The zero-order valence-electron chi connectivity index (χ0n) is 18.3. The van der Waals surface area contributed by atoms with E-state index in [2.05, 4.69) is 10.2 Å². The van der Waals surface area contributed by atoms with Crippen molar-refractivity contribution < 1.29 is 19.1 Å². The second kappa shape index (κ2) is 10.8. The molecule has 0 aliphatic carbocycles. The smallest absolute Gasteiger partial charge is 0.339 e. The van der Waals surface area contributed by atoms with Crippen LogP contribution >= 0.6 is 11.6 Å². The Bertz CT molecular complexity index is 922. The van der Waals surface area contributed by atoms with Crippen LogP contribution in [0.25, 0.3) is 0 Å². The highest BCUT2D eigenvalue weighted by atomic mass is 35.5. The minimum Gasteiger partial charge on any atom is -0.462 e. The molecule has 3 rings (SSSR count). The van der Waals surface area contributed by atoms with Crippen LogP contribution in [0.5, 0.6) is 0 Å². The number of ether oxygens (including phenoxy) is 2. The van der Waals surface area contributed by atoms with Gasteiger partial charge in [0.25, 0.3) is 0 Å². The number of morpholine rings is 1. The summed E-state index contributed by atoms with van der Waals surface area (Å²) in [6.45, 7) is 9.25. The number of benzene rings is 1. The van der Waals surface area contributed by atoms with Gasteiger partial charge in [-0.1, -0.05) is 29.8 Å². The quantitative estimate of drug-likeness (QED) is 0.629. The summed E-state index contributed by atoms with van der Waals surface area (Å²) in [5.74, 6) is -0.490. The van der Waals surface area contributed by atoms with Crippen LogP contribution < -0.4 is 5.32 Å². The molecular weight excluding hydrogens is 418 g/mol. The molecule has 8 heteroatoms. The van der Waals surface area contributed by atoms with Crippen molar-refractivity contribution in [2.24, 2.45) is 0 Å². The molecule has 0 bridgehead atoms. The molecule has 0 spiro atoms. The van der Waals surface area contributed by atoms with Gasteiger partial charge in [0.05, 0.1) is 31.4 Å². The average molecular weight is 448 g/mol. The molecule has 1 aromatic heterocycles. The second-order valence-corrected chi connectivity index (χ2v) is 7.99. The Kier molecular flexibility index (Phi) is 8.12. The zero-order chi connectivity index (χ0) is 22.4. The largest absolute Gasteiger partial charge is 0.462 e. The van der Waals surface area contributed by atoms with Gasteiger partial charge in [-0.25, -0.2) is 4.79 Å². The summed E-state index contributed by atoms with van der Waals surface area (Å²) in [6.07, 6.45) is 0. The van der Waals surface area contributed by atoms with E-state index in [1.165, 1.54) is 0 Å². The minimum atomic E-state index is -0.367. The number of esters is 1. The number of carbonyl (C=O) groups excluding carboxylic acids is 2. The molecule has 7 nitrogen and oxygen atoms in total. The monoisotopic (exact) mass is 447 g/mol. The molecule has 1 aliphatic rings. The van der Waals surface area contributed by atoms with Crippen molar-refractivity contribution in [3.8, 4) is 0 Å². The summed E-state index contributed by atoms with van der Waals surface area (Å²) in [6, 6.07) is 9.46. The third kappa shape index (κ3) is 5.67. The summed E-state index contributed by atoms with van der Waals surface area (Å²) in [5.41, 5.74) is 3.05. The number of halogens is 1. The lowest BCUT2D eigenvalue weighted by Gasteiger charge is -2.35. The Morgan fingerprint density at radius 3 is 2.61 bits per heavy atom. The predicted octanol–water partition coefficient (Wildman–Crippen LogP) is 3.12. The van der Waals surface area contributed by atoms with Gasteiger partial charge in [0, 0.05) is 36.0 Å². The highest BCUT2D eigenvalue weighted by Gasteiger charge is 2.25. The lowest BCUT2D eigenvalue weighted by molar-refractivity contribution is -0.122. The van der Waals surface area contributed by atoms with Crippen LogP contribution in [0.15, 0.2) is 30.3 Å². The topological polar surface area (TPSA) is 72.8 Å². The predicted molar refractivity (Wildman–Crippen MR) is 119 cm³/mol. The SMILES string of the molecule is CCOC(=O)c1cc(C)n(CC(=O)NCC(c2ccccc2Cl)N2CCOCC2)c1C. The van der Waals surface area contributed by atoms with Gasteiger partial charge in [-0.2, -0.15) is 0 Å². The van der Waals surface area contributed by atoms with Crippen LogP contribution in [-0.4, -0.2) is 60.8 Å². The molecule has 2 aromatic rings. The lowest BCUT2D eigenvalue weighted by atomic mass is 10.0. The van der Waals surface area contributed by atoms with Crippen molar-refractivity contribution in [1.29, 1.82) is 0 Å². The first-order valence-electron chi connectivity index (χ1n) is 10.6. The normalized spacial score (nSPS) is 15.5. The lowest BCUT2D eigenvalue weighted by Crippen LogP contribution is -2.44. The van der Waals surface area contributed by atoms with E-state index in [0.717, 1.165) is 30.0 Å². The molecule has 1 fully saturated rings. The maximum atomic E-state index is 12.8. The number of nitrogens with zero attached hydrogens (tertiary/aromatic N) is 2. The molecule has 0 radical (unpaired) electrons. The average Bonchev–Trinajstić information content (AvgIpc) is 3.04. The summed E-state index contributed by atoms with van der Waals surface area (Å²) < 4.78 is 12.4. The Labute approximate surface area is 188 Å². The molecule has 1 atom stereocenters. The van der Waals surface area contributed by atoms with Gasteiger partial charge in [-0.15, -0.1) is 0 Å². The van der Waals surface area contributed by atoms with Crippen molar-refractivity contribution in [1.82, 2.24) is 14.8 Å². The summed E-state index contributed by atoms with van der Waals surface area (Å²) in [7, 11) is 0. The van der Waals surface area contributed by atoms with E-state index in [9.17, 15) is 9.59 Å². The number of amides is 1. The van der Waals surface area contributed by atoms with Crippen LogP contribution in [0.3, 0.4) is 0 Å². The number of hydrogen-bond acceptors (Lipinski definition) is 5. The number of aryl methyl sites for hydroxylation is 1. The van der Waals surface area contributed by atoms with Gasteiger partial charge in [0.15, 0.2) is 0 Å². The van der Waals surface area contributed by atoms with Gasteiger partial charge < -0.3 is 19.4 Å². The summed E-state index contributed by atoms with van der Waals surface area (Å²) in [5, 5.41) is 3.74. The molecule has 2 heterocycles. The van der Waals surface area contributed by atoms with Crippen LogP contribution in [0.1, 0.15) is 40.3 Å². The van der Waals surface area contributed by atoms with Crippen LogP contribution in [-0.2, 0) is 20.8 Å². The van der Waals surface area contributed by atoms with E-state index in [4.69, 9.17) is 21.1 Å². The number of carbonyl (C=O) groups is 2. The Balaban J connectivity index is 1.70. The Morgan fingerprint density at radius 2 is 1.94 bits per heavy atom. The highest BCUT2D eigenvalue weighted by molar-refractivity contribution is 6.31. The summed E-state index contributed by atoms with van der Waals surface area (Å²) in [4.78, 5) is 27.2. The van der Waals surface area contributed by atoms with Gasteiger partial charge in [0.1, 0.15) is 6.54 Å². The molecule has 1 aromatic carbocycles. The van der Waals surface area contributed by atoms with E-state index in [-0.39, 0.29) is 24.5 Å². The standard InChI is InChI=1S/C23H30ClN3O4/c1-4-31-23(29)19-13-16(2)27(17(19)3)15-22(28)25-14-21(26-9-11-30-12-10-26)18-7-5-6-8-20(18)24/h5-8,13,21H,4,9-12,14-15H2,1-3H3,(H,25,28). The van der Waals surface area contributed by atoms with E-state index in [0.29, 0.717) is 37.0 Å². The van der Waals surface area contributed by atoms with Gasteiger partial charge in [-0.3, -0.25) is 9.69 Å². The number of aromatic nitrogens is 1. The van der Waals surface area contributed by atoms with E-state index < -0.39 is 0 Å². The van der Waals surface area contributed by atoms with Crippen molar-refractivity contribution in [3.63, 3.8) is 0 Å². The van der Waals surface area contributed by atoms with Crippen LogP contribution in [0.2, 0.25) is 5.02 Å². The number of hydrogen-bond donors (Lipinski definition) is 1. The molecule has 168 valence electrons. The first kappa shape index (κ1) is 23.3. The van der Waals surface area contributed by atoms with E-state index >= 15 is 0 Å². The third-order valence-electron chi connectivity index (χ3n) is 5.61. The summed E-state index contributed by atoms with van der Waals surface area (Å²) >= 11 is 6.46. The maximum Gasteiger partial charge on any atom is 0.339 e. The Hall–Kier alpha value is -2.35. The first-order chi connectivity index (χ1) is 14.9. The molecule has 1 saturated heterocycles. The fraction of sp³-hybridized carbons (Fsp3) is 0.478. The molecule has 1 N–H and O–H groups in total. The van der Waals surface area contributed by atoms with E-state index in [1.807, 2.05) is 42.7 Å². The van der Waals surface area contributed by atoms with Crippen LogP contribution in [0, 0.1) is 13.8 Å². The van der Waals surface area contributed by atoms with E-state index in [1.54, 1.807) is 13.0 Å². The van der Waals surface area contributed by atoms with Crippen molar-refractivity contribution in [3.05, 3.63) is 57.9 Å². The molecule has 1 aliphatic heterocycles. The first-order valence-corrected chi connectivity index (χ1v) is 11.0. The fourth-order valence-electron chi connectivity index (χ4n) is 3.94. The molecule has 0 saturated carbocycles. The number of nitrogens with one attached hydrogen (secondary N) is 1. The minimum absolute atomic E-state index is 0.0384. The highest BCUT2D eigenvalue weighted by Crippen LogP contribution is 2.27. The van der Waals surface area contributed by atoms with Crippen molar-refractivity contribution in [2.45, 2.75) is 33.4 Å². The van der Waals surface area contributed by atoms with Crippen molar-refractivity contribution in [2.75, 3.05) is 39.5 Å². The zero-order valence-corrected chi connectivity index (χ0v) is 19.1. The maximum absolute atomic E-state index is 12.8. The van der Waals surface area contributed by atoms with Gasteiger partial charge in [0.2, 0.25) is 5.91 Å². The molecule has 1 unspecified atom stereocenters. The Morgan fingerprint density at radius 1 is 1.23 bits per heavy atom. The van der Waals surface area contributed by atoms with Crippen molar-refractivity contribution >= 4 is 23.5 Å².